The van der Waals surface area contributed by atoms with E-state index in [2.05, 4.69) is 75.2 Å². The molecule has 136 valence electrons. The number of amidine groups is 1. The van der Waals surface area contributed by atoms with Crippen LogP contribution >= 0.6 is 0 Å². The van der Waals surface area contributed by atoms with E-state index in [-0.39, 0.29) is 11.5 Å². The van der Waals surface area contributed by atoms with Gasteiger partial charge < -0.3 is 10.6 Å². The second-order valence-corrected chi connectivity index (χ2v) is 8.19. The molecule has 26 heavy (non-hydrogen) atoms. The number of para-hydroxylation sites is 1. The van der Waals surface area contributed by atoms with Crippen molar-refractivity contribution >= 4 is 17.2 Å². The third-order valence-corrected chi connectivity index (χ3v) is 6.36. The Morgan fingerprint density at radius 3 is 2.73 bits per heavy atom. The molecule has 3 atom stereocenters. The van der Waals surface area contributed by atoms with Gasteiger partial charge in [-0.1, -0.05) is 57.5 Å². The van der Waals surface area contributed by atoms with Gasteiger partial charge in [-0.05, 0) is 42.0 Å². The van der Waals surface area contributed by atoms with Crippen LogP contribution in [0.3, 0.4) is 0 Å². The highest BCUT2D eigenvalue weighted by Gasteiger charge is 2.48. The molecule has 4 rings (SSSR count). The number of anilines is 1. The summed E-state index contributed by atoms with van der Waals surface area (Å²) in [5.74, 6) is 1.22. The average molecular weight is 348 g/mol. The molecular weight excluding hydrogens is 318 g/mol. The van der Waals surface area contributed by atoms with Gasteiger partial charge in [-0.15, -0.1) is 0 Å². The molecule has 2 aromatic carbocycles. The maximum absolute atomic E-state index is 6.61. The van der Waals surface area contributed by atoms with Gasteiger partial charge in [-0.2, -0.15) is 0 Å². The molecule has 0 radical (unpaired) electrons. The zero-order chi connectivity index (χ0) is 18.5. The van der Waals surface area contributed by atoms with Gasteiger partial charge in [0.25, 0.3) is 0 Å². The Balaban J connectivity index is 1.99. The molecule has 0 amide bonds. The van der Waals surface area contributed by atoms with Crippen molar-refractivity contribution < 1.29 is 0 Å². The number of aliphatic imine (C=N–C) groups is 1. The van der Waals surface area contributed by atoms with Gasteiger partial charge >= 0.3 is 0 Å². The highest BCUT2D eigenvalue weighted by molar-refractivity contribution is 5.93. The largest absolute Gasteiger partial charge is 0.387 e. The Bertz CT molecular complexity index is 870. The fraction of sp³-hybridized carbons (Fsp3) is 0.435. The van der Waals surface area contributed by atoms with Crippen LogP contribution in [0.1, 0.15) is 62.3 Å². The molecular formula is C23H29N3. The molecule has 2 N–H and O–H groups in total. The van der Waals surface area contributed by atoms with E-state index in [0.29, 0.717) is 5.92 Å². The summed E-state index contributed by atoms with van der Waals surface area (Å²) in [6.45, 7) is 6.87. The number of nitrogens with two attached hydrogens (primary N) is 1. The zero-order valence-electron chi connectivity index (χ0n) is 16.3. The number of fused-ring (bicyclic) bond motifs is 4. The van der Waals surface area contributed by atoms with E-state index in [1.54, 1.807) is 0 Å². The third kappa shape index (κ3) is 2.37. The Labute approximate surface area is 156 Å². The van der Waals surface area contributed by atoms with E-state index >= 15 is 0 Å². The van der Waals surface area contributed by atoms with E-state index in [1.165, 1.54) is 22.4 Å². The van der Waals surface area contributed by atoms with Crippen LogP contribution in [0.15, 0.2) is 47.5 Å². The molecule has 3 nitrogen and oxygen atoms in total. The fourth-order valence-corrected chi connectivity index (χ4v) is 5.16. The maximum Gasteiger partial charge on any atom is 0.108 e. The van der Waals surface area contributed by atoms with E-state index < -0.39 is 0 Å². The number of hydrogen-bond acceptors (Lipinski definition) is 3. The van der Waals surface area contributed by atoms with E-state index in [4.69, 9.17) is 10.7 Å². The topological polar surface area (TPSA) is 41.6 Å². The van der Waals surface area contributed by atoms with Gasteiger partial charge in [-0.3, -0.25) is 0 Å². The maximum atomic E-state index is 6.61. The fourth-order valence-electron chi connectivity index (χ4n) is 5.16. The van der Waals surface area contributed by atoms with Crippen LogP contribution < -0.4 is 10.6 Å². The molecule has 0 aromatic heterocycles. The first-order chi connectivity index (χ1) is 12.5. The molecule has 2 aliphatic rings. The smallest absolute Gasteiger partial charge is 0.108 e. The number of rotatable bonds is 2. The number of hydrogen-bond donors (Lipinski definition) is 1. The van der Waals surface area contributed by atoms with Crippen molar-refractivity contribution in [3.8, 4) is 0 Å². The lowest BCUT2D eigenvalue weighted by Gasteiger charge is -2.46. The van der Waals surface area contributed by atoms with Crippen molar-refractivity contribution in [3.63, 3.8) is 0 Å². The summed E-state index contributed by atoms with van der Waals surface area (Å²) < 4.78 is 0. The Morgan fingerprint density at radius 2 is 1.96 bits per heavy atom. The van der Waals surface area contributed by atoms with Crippen molar-refractivity contribution in [1.82, 2.24) is 0 Å². The van der Waals surface area contributed by atoms with Crippen LogP contribution in [0.5, 0.6) is 0 Å². The minimum absolute atomic E-state index is 0.177. The highest BCUT2D eigenvalue weighted by atomic mass is 15.2. The Morgan fingerprint density at radius 1 is 1.19 bits per heavy atom. The van der Waals surface area contributed by atoms with Gasteiger partial charge in [0, 0.05) is 18.3 Å². The monoisotopic (exact) mass is 347 g/mol. The predicted molar refractivity (Wildman–Crippen MR) is 110 cm³/mol. The van der Waals surface area contributed by atoms with Crippen molar-refractivity contribution in [1.29, 1.82) is 0 Å². The van der Waals surface area contributed by atoms with Crippen LogP contribution in [0.25, 0.3) is 0 Å². The van der Waals surface area contributed by atoms with Gasteiger partial charge in [0.2, 0.25) is 0 Å². The number of benzene rings is 2. The lowest BCUT2D eigenvalue weighted by molar-refractivity contribution is 0.318. The first-order valence-corrected chi connectivity index (χ1v) is 9.75. The number of nitrogens with zero attached hydrogens (tertiary/aromatic N) is 2. The summed E-state index contributed by atoms with van der Waals surface area (Å²) in [6.07, 6.45) is 3.22. The lowest BCUT2D eigenvalue weighted by Crippen LogP contribution is -2.48. The SMILES string of the molecule is CCCc1cccc2c1[C@@H]1N(C)c3ccccc3C(C)C[C@]1(C)C(N)=N2. The quantitative estimate of drug-likeness (QED) is 0.797. The van der Waals surface area contributed by atoms with Gasteiger partial charge in [0.05, 0.1) is 17.1 Å². The van der Waals surface area contributed by atoms with Crippen LogP contribution in [-0.4, -0.2) is 12.9 Å². The molecule has 2 aliphatic heterocycles. The van der Waals surface area contributed by atoms with Crippen molar-refractivity contribution in [2.45, 2.75) is 52.0 Å². The van der Waals surface area contributed by atoms with Crippen molar-refractivity contribution in [3.05, 3.63) is 59.2 Å². The summed E-state index contributed by atoms with van der Waals surface area (Å²) in [6, 6.07) is 15.5. The number of aryl methyl sites for hydroxylation is 1. The van der Waals surface area contributed by atoms with Crippen LogP contribution in [0.2, 0.25) is 0 Å². The van der Waals surface area contributed by atoms with E-state index in [1.807, 2.05) is 0 Å². The molecule has 2 heterocycles. The molecule has 1 unspecified atom stereocenters. The second-order valence-electron chi connectivity index (χ2n) is 8.19. The molecule has 0 bridgehead atoms. The van der Waals surface area contributed by atoms with Crippen LogP contribution in [-0.2, 0) is 6.42 Å². The molecule has 0 spiro atoms. The molecule has 0 saturated carbocycles. The minimum Gasteiger partial charge on any atom is -0.387 e. The summed E-state index contributed by atoms with van der Waals surface area (Å²) >= 11 is 0. The standard InChI is InChI=1S/C23H29N3/c1-5-9-16-10-8-12-18-20(16)21-23(3,22(24)25-18)14-15(2)17-11-6-7-13-19(17)26(21)4/h6-8,10-13,15,21H,5,9,14H2,1-4H3,(H2,24,25)/t15?,21-,23-/m0/s1. The predicted octanol–water partition coefficient (Wildman–Crippen LogP) is 5.33. The molecule has 0 saturated heterocycles. The normalized spacial score (nSPS) is 27.1. The highest BCUT2D eigenvalue weighted by Crippen LogP contribution is 2.55. The van der Waals surface area contributed by atoms with E-state index in [9.17, 15) is 0 Å². The molecule has 0 fully saturated rings. The van der Waals surface area contributed by atoms with Crippen LogP contribution in [0, 0.1) is 5.41 Å². The first kappa shape index (κ1) is 17.1. The first-order valence-electron chi connectivity index (χ1n) is 9.75. The van der Waals surface area contributed by atoms with Crippen molar-refractivity contribution in [2.24, 2.45) is 16.1 Å². The third-order valence-electron chi connectivity index (χ3n) is 6.36. The van der Waals surface area contributed by atoms with Gasteiger partial charge in [0.1, 0.15) is 5.84 Å². The zero-order valence-corrected chi connectivity index (χ0v) is 16.3. The van der Waals surface area contributed by atoms with Crippen molar-refractivity contribution in [2.75, 3.05) is 11.9 Å². The summed E-state index contributed by atoms with van der Waals surface area (Å²) in [7, 11) is 2.23. The summed E-state index contributed by atoms with van der Waals surface area (Å²) in [5, 5.41) is 0. The van der Waals surface area contributed by atoms with E-state index in [0.717, 1.165) is 30.8 Å². The Kier molecular flexibility index (Phi) is 4.06. The average Bonchev–Trinajstić information content (AvgIpc) is 2.71. The molecule has 0 aliphatic carbocycles. The molecule has 2 aromatic rings. The Hall–Kier alpha value is -2.29. The van der Waals surface area contributed by atoms with Gasteiger partial charge in [-0.25, -0.2) is 4.99 Å². The summed E-state index contributed by atoms with van der Waals surface area (Å²) in [4.78, 5) is 7.34. The minimum atomic E-state index is -0.177. The summed E-state index contributed by atoms with van der Waals surface area (Å²) in [5.41, 5.74) is 13.0. The lowest BCUT2D eigenvalue weighted by atomic mass is 9.69. The van der Waals surface area contributed by atoms with Gasteiger partial charge in [0.15, 0.2) is 0 Å². The second kappa shape index (κ2) is 6.15. The van der Waals surface area contributed by atoms with Crippen LogP contribution in [0.4, 0.5) is 11.4 Å². The molecule has 3 heteroatoms.